The highest BCUT2D eigenvalue weighted by Crippen LogP contribution is 2.50. The normalized spacial score (nSPS) is 19.2. The third-order valence-corrected chi connectivity index (χ3v) is 8.96. The lowest BCUT2D eigenvalue weighted by molar-refractivity contribution is -0.132. The standard InChI is InChI=1S/C37H53N3O7/c1-25(2)19-28(23-41)39-34(43)27-20-26(21-40(22-27)35(44)47-36(3,4)5)33(42)38-24-37(17-11-12-18-45-6)29-13-7-9-15-31(29)46-32-16-10-8-14-30(32)37/h7-10,13-16,25-28,41H,11-12,17-24H2,1-6H3,(H,38,42)(H,39,43)/t26-,27+,28?/m0/s1. The van der Waals surface area contributed by atoms with Crippen LogP contribution < -0.4 is 15.4 Å². The minimum Gasteiger partial charge on any atom is -0.457 e. The van der Waals surface area contributed by atoms with Crippen molar-refractivity contribution in [3.05, 3.63) is 59.7 Å². The van der Waals surface area contributed by atoms with Gasteiger partial charge in [-0.3, -0.25) is 9.59 Å². The minimum atomic E-state index is -0.734. The number of ether oxygens (including phenoxy) is 3. The van der Waals surface area contributed by atoms with Gasteiger partial charge in [-0.15, -0.1) is 0 Å². The fourth-order valence-electron chi connectivity index (χ4n) is 6.79. The first-order valence-electron chi connectivity index (χ1n) is 16.9. The number of fused-ring (bicyclic) bond motifs is 2. The van der Waals surface area contributed by atoms with E-state index < -0.39 is 35.0 Å². The van der Waals surface area contributed by atoms with Crippen molar-refractivity contribution in [1.29, 1.82) is 0 Å². The zero-order valence-corrected chi connectivity index (χ0v) is 28.8. The number of rotatable bonds is 13. The molecular formula is C37H53N3O7. The largest absolute Gasteiger partial charge is 0.457 e. The Kier molecular flexibility index (Phi) is 12.3. The van der Waals surface area contributed by atoms with Gasteiger partial charge in [-0.1, -0.05) is 50.2 Å². The first-order valence-corrected chi connectivity index (χ1v) is 16.9. The molecule has 3 atom stereocenters. The van der Waals surface area contributed by atoms with Crippen molar-refractivity contribution in [3.63, 3.8) is 0 Å². The fourth-order valence-corrected chi connectivity index (χ4v) is 6.79. The van der Waals surface area contributed by atoms with Gasteiger partial charge >= 0.3 is 6.09 Å². The molecule has 0 spiro atoms. The summed E-state index contributed by atoms with van der Waals surface area (Å²) < 4.78 is 17.3. The van der Waals surface area contributed by atoms with Gasteiger partial charge in [-0.2, -0.15) is 0 Å². The number of hydrogen-bond acceptors (Lipinski definition) is 7. The minimum absolute atomic E-state index is 0.131. The smallest absolute Gasteiger partial charge is 0.410 e. The predicted molar refractivity (Wildman–Crippen MR) is 180 cm³/mol. The van der Waals surface area contributed by atoms with Gasteiger partial charge in [-0.05, 0) is 70.9 Å². The van der Waals surface area contributed by atoms with Crippen molar-refractivity contribution >= 4 is 17.9 Å². The number of hydrogen-bond donors (Lipinski definition) is 3. The molecule has 2 aliphatic heterocycles. The second kappa shape index (κ2) is 16.0. The highest BCUT2D eigenvalue weighted by Gasteiger charge is 2.44. The first-order chi connectivity index (χ1) is 22.4. The second-order valence-electron chi connectivity index (χ2n) is 14.4. The molecule has 2 aliphatic rings. The van der Waals surface area contributed by atoms with Crippen molar-refractivity contribution in [3.8, 4) is 11.5 Å². The van der Waals surface area contributed by atoms with Gasteiger partial charge < -0.3 is 34.9 Å². The monoisotopic (exact) mass is 651 g/mol. The summed E-state index contributed by atoms with van der Waals surface area (Å²) in [5, 5.41) is 16.1. The van der Waals surface area contributed by atoms with Crippen molar-refractivity contribution < 1.29 is 33.7 Å². The molecule has 258 valence electrons. The SMILES string of the molecule is COCCCCC1(CNC(=O)[C@H]2C[C@@H](C(=O)NC(CO)CC(C)C)CN(C(=O)OC(C)(C)C)C2)c2ccccc2Oc2ccccc21. The fraction of sp³-hybridized carbons (Fsp3) is 0.595. The Hall–Kier alpha value is -3.63. The number of nitrogens with one attached hydrogen (secondary N) is 2. The summed E-state index contributed by atoms with van der Waals surface area (Å²) >= 11 is 0. The summed E-state index contributed by atoms with van der Waals surface area (Å²) in [6.45, 7) is 10.5. The number of carbonyl (C=O) groups excluding carboxylic acids is 3. The summed E-state index contributed by atoms with van der Waals surface area (Å²) in [6, 6.07) is 15.5. The van der Waals surface area contributed by atoms with Gasteiger partial charge in [0.25, 0.3) is 0 Å². The van der Waals surface area contributed by atoms with E-state index in [1.54, 1.807) is 27.9 Å². The van der Waals surface area contributed by atoms with E-state index in [2.05, 4.69) is 22.8 Å². The predicted octanol–water partition coefficient (Wildman–Crippen LogP) is 5.41. The molecule has 3 amide bonds. The molecule has 0 saturated carbocycles. The molecule has 10 nitrogen and oxygen atoms in total. The summed E-state index contributed by atoms with van der Waals surface area (Å²) in [6.07, 6.45) is 2.82. The second-order valence-corrected chi connectivity index (χ2v) is 14.4. The quantitative estimate of drug-likeness (QED) is 0.248. The Balaban J connectivity index is 1.60. The average molecular weight is 652 g/mol. The van der Waals surface area contributed by atoms with Crippen LogP contribution in [0.1, 0.15) is 77.8 Å². The highest BCUT2D eigenvalue weighted by molar-refractivity contribution is 5.84. The topological polar surface area (TPSA) is 126 Å². The van der Waals surface area contributed by atoms with Crippen molar-refractivity contribution in [2.24, 2.45) is 17.8 Å². The lowest BCUT2D eigenvalue weighted by Crippen LogP contribution is -2.55. The Morgan fingerprint density at radius 2 is 1.57 bits per heavy atom. The van der Waals surface area contributed by atoms with Crippen molar-refractivity contribution in [2.75, 3.05) is 40.0 Å². The third-order valence-electron chi connectivity index (χ3n) is 8.96. The van der Waals surface area contributed by atoms with E-state index in [0.717, 1.165) is 41.9 Å². The Morgan fingerprint density at radius 1 is 0.979 bits per heavy atom. The molecule has 1 unspecified atom stereocenters. The Bertz CT molecular complexity index is 1330. The molecule has 10 heteroatoms. The molecule has 0 aliphatic carbocycles. The van der Waals surface area contributed by atoms with E-state index in [0.29, 0.717) is 19.6 Å². The number of aliphatic hydroxyl groups excluding tert-OH is 1. The van der Waals surface area contributed by atoms with E-state index >= 15 is 0 Å². The third kappa shape index (κ3) is 9.26. The zero-order valence-electron chi connectivity index (χ0n) is 28.8. The maximum Gasteiger partial charge on any atom is 0.410 e. The van der Waals surface area contributed by atoms with E-state index in [4.69, 9.17) is 14.2 Å². The van der Waals surface area contributed by atoms with Crippen LogP contribution in [0.2, 0.25) is 0 Å². The lowest BCUT2D eigenvalue weighted by atomic mass is 9.69. The number of carbonyl (C=O) groups is 3. The molecule has 4 rings (SSSR count). The first kappa shape index (κ1) is 36.2. The number of para-hydroxylation sites is 2. The van der Waals surface area contributed by atoms with Crippen LogP contribution >= 0.6 is 0 Å². The van der Waals surface area contributed by atoms with Crippen LogP contribution in [0.25, 0.3) is 0 Å². The van der Waals surface area contributed by atoms with E-state index in [1.165, 1.54) is 4.90 Å². The number of unbranched alkanes of at least 4 members (excludes halogenated alkanes) is 1. The van der Waals surface area contributed by atoms with Crippen LogP contribution in [0.15, 0.2) is 48.5 Å². The van der Waals surface area contributed by atoms with Crippen LogP contribution in [-0.2, 0) is 24.5 Å². The summed E-state index contributed by atoms with van der Waals surface area (Å²) in [5.74, 6) is 0.0153. The molecule has 1 saturated heterocycles. The molecule has 2 heterocycles. The maximum absolute atomic E-state index is 14.1. The van der Waals surface area contributed by atoms with Crippen LogP contribution in [0.5, 0.6) is 11.5 Å². The number of nitrogens with zero attached hydrogens (tertiary/aromatic N) is 1. The summed E-state index contributed by atoms with van der Waals surface area (Å²) in [5.41, 5.74) is 0.722. The van der Waals surface area contributed by atoms with Crippen molar-refractivity contribution in [2.45, 2.75) is 83.8 Å². The summed E-state index contributed by atoms with van der Waals surface area (Å²) in [4.78, 5) is 42.4. The lowest BCUT2D eigenvalue weighted by Gasteiger charge is -2.41. The molecule has 2 aromatic rings. The van der Waals surface area contributed by atoms with Gasteiger partial charge in [0.05, 0.1) is 24.5 Å². The number of likely N-dealkylation sites (tertiary alicyclic amines) is 1. The molecule has 0 bridgehead atoms. The van der Waals surface area contributed by atoms with Gasteiger partial charge in [0, 0.05) is 49.9 Å². The number of aliphatic hydroxyl groups is 1. The zero-order chi connectivity index (χ0) is 34.2. The van der Waals surface area contributed by atoms with Crippen LogP contribution in [0.3, 0.4) is 0 Å². The average Bonchev–Trinajstić information content (AvgIpc) is 3.03. The van der Waals surface area contributed by atoms with E-state index in [1.807, 2.05) is 50.2 Å². The number of benzene rings is 2. The number of piperidine rings is 1. The molecule has 3 N–H and O–H groups in total. The van der Waals surface area contributed by atoms with Gasteiger partial charge in [0.2, 0.25) is 11.8 Å². The molecule has 1 fully saturated rings. The number of methoxy groups -OCH3 is 1. The number of amides is 3. The molecule has 47 heavy (non-hydrogen) atoms. The summed E-state index contributed by atoms with van der Waals surface area (Å²) in [7, 11) is 1.70. The van der Waals surface area contributed by atoms with Crippen LogP contribution in [-0.4, -0.2) is 79.5 Å². The van der Waals surface area contributed by atoms with Crippen molar-refractivity contribution in [1.82, 2.24) is 15.5 Å². The van der Waals surface area contributed by atoms with Gasteiger partial charge in [-0.25, -0.2) is 4.79 Å². The molecule has 2 aromatic carbocycles. The van der Waals surface area contributed by atoms with E-state index in [-0.39, 0.29) is 43.8 Å². The molecule has 0 radical (unpaired) electrons. The molecule has 0 aromatic heterocycles. The Labute approximate surface area is 279 Å². The van der Waals surface area contributed by atoms with Gasteiger partial charge in [0.1, 0.15) is 17.1 Å². The van der Waals surface area contributed by atoms with Crippen LogP contribution in [0.4, 0.5) is 4.79 Å². The van der Waals surface area contributed by atoms with Crippen LogP contribution in [0, 0.1) is 17.8 Å². The van der Waals surface area contributed by atoms with Gasteiger partial charge in [0.15, 0.2) is 0 Å². The molecular weight excluding hydrogens is 598 g/mol. The maximum atomic E-state index is 14.1. The highest BCUT2D eigenvalue weighted by atomic mass is 16.6. The van der Waals surface area contributed by atoms with E-state index in [9.17, 15) is 19.5 Å². The Morgan fingerprint density at radius 3 is 2.13 bits per heavy atom.